The van der Waals surface area contributed by atoms with Gasteiger partial charge in [0.2, 0.25) is 0 Å². The van der Waals surface area contributed by atoms with Crippen LogP contribution in [0.3, 0.4) is 0 Å². The van der Waals surface area contributed by atoms with Crippen LogP contribution in [0.15, 0.2) is 0 Å². The van der Waals surface area contributed by atoms with Crippen LogP contribution in [0.25, 0.3) is 0 Å². The van der Waals surface area contributed by atoms with Crippen LogP contribution in [0.4, 0.5) is 5.82 Å². The second-order valence-electron chi connectivity index (χ2n) is 2.67. The number of nitrogens with two attached hydrogens (primary N) is 1. The van der Waals surface area contributed by atoms with E-state index in [2.05, 4.69) is 15.6 Å². The number of aromatic nitrogens is 2. The lowest BCUT2D eigenvalue weighted by Gasteiger charge is -2.01. The summed E-state index contributed by atoms with van der Waals surface area (Å²) in [4.78, 5) is 15.1. The molecule has 0 aromatic carbocycles. The SMILES string of the molecule is C#CCn1c(C)nc(C(=O)OC)c1N. The number of hydrogen-bond acceptors (Lipinski definition) is 4. The number of rotatable bonds is 2. The molecular weight excluding hydrogens is 182 g/mol. The fourth-order valence-electron chi connectivity index (χ4n) is 1.12. The van der Waals surface area contributed by atoms with E-state index in [0.29, 0.717) is 12.4 Å². The summed E-state index contributed by atoms with van der Waals surface area (Å²) in [7, 11) is 1.28. The molecule has 0 atom stereocenters. The molecule has 0 aliphatic heterocycles. The first kappa shape index (κ1) is 10.1. The molecule has 0 radical (unpaired) electrons. The maximum Gasteiger partial charge on any atom is 0.360 e. The molecule has 1 aromatic heterocycles. The Kier molecular flexibility index (Phi) is 2.77. The second kappa shape index (κ2) is 3.83. The average Bonchev–Trinajstić information content (AvgIpc) is 2.45. The molecule has 0 spiro atoms. The van der Waals surface area contributed by atoms with Gasteiger partial charge in [0.1, 0.15) is 11.6 Å². The highest BCUT2D eigenvalue weighted by Crippen LogP contribution is 2.14. The third-order valence-electron chi connectivity index (χ3n) is 1.83. The Morgan fingerprint density at radius 1 is 1.79 bits per heavy atom. The van der Waals surface area contributed by atoms with E-state index in [0.717, 1.165) is 0 Å². The molecule has 0 amide bonds. The summed E-state index contributed by atoms with van der Waals surface area (Å²) in [6.07, 6.45) is 5.15. The van der Waals surface area contributed by atoms with Crippen molar-refractivity contribution in [2.24, 2.45) is 0 Å². The molecule has 1 heterocycles. The molecule has 14 heavy (non-hydrogen) atoms. The number of esters is 1. The molecule has 0 fully saturated rings. The number of carbonyl (C=O) groups is 1. The van der Waals surface area contributed by atoms with Gasteiger partial charge in [0.25, 0.3) is 0 Å². The van der Waals surface area contributed by atoms with Crippen molar-refractivity contribution in [3.05, 3.63) is 11.5 Å². The number of ether oxygens (including phenoxy) is 1. The van der Waals surface area contributed by atoms with Crippen molar-refractivity contribution >= 4 is 11.8 Å². The van der Waals surface area contributed by atoms with E-state index in [1.165, 1.54) is 7.11 Å². The van der Waals surface area contributed by atoms with Crippen molar-refractivity contribution in [3.8, 4) is 12.3 Å². The molecule has 1 rings (SSSR count). The molecule has 0 bridgehead atoms. The van der Waals surface area contributed by atoms with Gasteiger partial charge in [-0.1, -0.05) is 5.92 Å². The Balaban J connectivity index is 3.18. The number of carbonyl (C=O) groups excluding carboxylic acids is 1. The zero-order valence-corrected chi connectivity index (χ0v) is 8.07. The second-order valence-corrected chi connectivity index (χ2v) is 2.67. The van der Waals surface area contributed by atoms with E-state index in [1.54, 1.807) is 11.5 Å². The smallest absolute Gasteiger partial charge is 0.360 e. The van der Waals surface area contributed by atoms with E-state index in [-0.39, 0.29) is 11.5 Å². The lowest BCUT2D eigenvalue weighted by Crippen LogP contribution is -2.08. The quantitative estimate of drug-likeness (QED) is 0.537. The molecular formula is C9H11N3O2. The molecule has 5 nitrogen and oxygen atoms in total. The van der Waals surface area contributed by atoms with Gasteiger partial charge in [0, 0.05) is 0 Å². The van der Waals surface area contributed by atoms with Crippen molar-refractivity contribution in [2.75, 3.05) is 12.8 Å². The standard InChI is InChI=1S/C9H11N3O2/c1-4-5-12-6(2)11-7(8(12)10)9(13)14-3/h1H,5,10H2,2-3H3. The summed E-state index contributed by atoms with van der Waals surface area (Å²) < 4.78 is 6.09. The van der Waals surface area contributed by atoms with E-state index in [9.17, 15) is 4.79 Å². The number of methoxy groups -OCH3 is 1. The Hall–Kier alpha value is -1.96. The molecule has 74 valence electrons. The van der Waals surface area contributed by atoms with Crippen LogP contribution in [-0.4, -0.2) is 22.6 Å². The monoisotopic (exact) mass is 193 g/mol. The average molecular weight is 193 g/mol. The number of anilines is 1. The number of nitrogen functional groups attached to an aromatic ring is 1. The number of hydrogen-bond donors (Lipinski definition) is 1. The van der Waals surface area contributed by atoms with Crippen molar-refractivity contribution in [1.29, 1.82) is 0 Å². The van der Waals surface area contributed by atoms with Crippen LogP contribution in [-0.2, 0) is 11.3 Å². The van der Waals surface area contributed by atoms with Crippen molar-refractivity contribution in [1.82, 2.24) is 9.55 Å². The minimum absolute atomic E-state index is 0.111. The van der Waals surface area contributed by atoms with Gasteiger partial charge in [0.05, 0.1) is 13.7 Å². The van der Waals surface area contributed by atoms with Crippen LogP contribution >= 0.6 is 0 Å². The van der Waals surface area contributed by atoms with Gasteiger partial charge in [-0.3, -0.25) is 0 Å². The first-order chi connectivity index (χ1) is 6.61. The molecule has 0 saturated heterocycles. The van der Waals surface area contributed by atoms with Gasteiger partial charge in [0.15, 0.2) is 5.69 Å². The number of aryl methyl sites for hydroxylation is 1. The summed E-state index contributed by atoms with van der Waals surface area (Å²) in [5, 5.41) is 0. The van der Waals surface area contributed by atoms with Crippen molar-refractivity contribution in [3.63, 3.8) is 0 Å². The lowest BCUT2D eigenvalue weighted by molar-refractivity contribution is 0.0595. The van der Waals surface area contributed by atoms with Crippen molar-refractivity contribution in [2.45, 2.75) is 13.5 Å². The van der Waals surface area contributed by atoms with Crippen LogP contribution in [0.1, 0.15) is 16.3 Å². The van der Waals surface area contributed by atoms with E-state index in [4.69, 9.17) is 12.2 Å². The lowest BCUT2D eigenvalue weighted by atomic mass is 10.4. The third kappa shape index (κ3) is 1.55. The van der Waals surface area contributed by atoms with Crippen molar-refractivity contribution < 1.29 is 9.53 Å². The van der Waals surface area contributed by atoms with Gasteiger partial charge >= 0.3 is 5.97 Å². The van der Waals surface area contributed by atoms with Gasteiger partial charge in [-0.25, -0.2) is 9.78 Å². The predicted molar refractivity (Wildman–Crippen MR) is 51.5 cm³/mol. The van der Waals surface area contributed by atoms with Gasteiger partial charge in [-0.2, -0.15) is 0 Å². The first-order valence-corrected chi connectivity index (χ1v) is 3.96. The highest BCUT2D eigenvalue weighted by Gasteiger charge is 2.18. The first-order valence-electron chi connectivity index (χ1n) is 3.96. The maximum atomic E-state index is 11.2. The topological polar surface area (TPSA) is 70.1 Å². The molecule has 0 saturated carbocycles. The van der Waals surface area contributed by atoms with Crippen LogP contribution in [0.5, 0.6) is 0 Å². The minimum atomic E-state index is -0.554. The number of imidazole rings is 1. The summed E-state index contributed by atoms with van der Waals surface area (Å²) >= 11 is 0. The molecule has 0 unspecified atom stereocenters. The largest absolute Gasteiger partial charge is 0.464 e. The molecule has 1 aromatic rings. The normalized spacial score (nSPS) is 9.50. The summed E-state index contributed by atoms with van der Waals surface area (Å²) in [6, 6.07) is 0. The predicted octanol–water partition coefficient (Wildman–Crippen LogP) is 0.194. The molecule has 0 aliphatic carbocycles. The zero-order chi connectivity index (χ0) is 10.7. The highest BCUT2D eigenvalue weighted by molar-refractivity contribution is 5.92. The molecule has 5 heteroatoms. The Morgan fingerprint density at radius 2 is 2.43 bits per heavy atom. The van der Waals surface area contributed by atoms with Gasteiger partial charge < -0.3 is 15.0 Å². The fraction of sp³-hybridized carbons (Fsp3) is 0.333. The minimum Gasteiger partial charge on any atom is -0.464 e. The van der Waals surface area contributed by atoms with Crippen LogP contribution in [0, 0.1) is 19.3 Å². The van der Waals surface area contributed by atoms with E-state index < -0.39 is 5.97 Å². The number of nitrogens with zero attached hydrogens (tertiary/aromatic N) is 2. The summed E-state index contributed by atoms with van der Waals surface area (Å²) in [5.74, 6) is 2.71. The van der Waals surface area contributed by atoms with E-state index >= 15 is 0 Å². The van der Waals surface area contributed by atoms with E-state index in [1.807, 2.05) is 0 Å². The van der Waals surface area contributed by atoms with Gasteiger partial charge in [-0.05, 0) is 6.92 Å². The molecule has 0 aliphatic rings. The maximum absolute atomic E-state index is 11.2. The summed E-state index contributed by atoms with van der Waals surface area (Å²) in [6.45, 7) is 2.02. The molecule has 2 N–H and O–H groups in total. The van der Waals surface area contributed by atoms with Crippen LogP contribution in [0.2, 0.25) is 0 Å². The zero-order valence-electron chi connectivity index (χ0n) is 8.07. The fourth-order valence-corrected chi connectivity index (χ4v) is 1.12. The number of terminal acetylenes is 1. The Morgan fingerprint density at radius 3 is 2.93 bits per heavy atom. The van der Waals surface area contributed by atoms with Gasteiger partial charge in [-0.15, -0.1) is 6.42 Å². The van der Waals surface area contributed by atoms with Crippen LogP contribution < -0.4 is 5.73 Å². The third-order valence-corrected chi connectivity index (χ3v) is 1.83. The highest BCUT2D eigenvalue weighted by atomic mass is 16.5. The summed E-state index contributed by atoms with van der Waals surface area (Å²) in [5.41, 5.74) is 5.78. The Bertz CT molecular complexity index is 401. The Labute approximate surface area is 81.9 Å².